The van der Waals surface area contributed by atoms with E-state index in [9.17, 15) is 38.4 Å². The number of hydroxylamine groups is 2. The topological polar surface area (TPSA) is 204 Å². The van der Waals surface area contributed by atoms with E-state index >= 15 is 0 Å². The summed E-state index contributed by atoms with van der Waals surface area (Å²) in [5.41, 5.74) is 0. The summed E-state index contributed by atoms with van der Waals surface area (Å²) in [7, 11) is 0. The summed E-state index contributed by atoms with van der Waals surface area (Å²) in [4.78, 5) is 101. The maximum Gasteiger partial charge on any atom is 0.336 e. The van der Waals surface area contributed by atoms with E-state index < -0.39 is 17.8 Å². The number of ether oxygens (including phenoxy) is 4. The number of amides is 7. The number of nitrogens with zero attached hydrogens (tertiary/aromatic N) is 3. The van der Waals surface area contributed by atoms with Gasteiger partial charge in [0.1, 0.15) is 6.61 Å². The lowest BCUT2D eigenvalue weighted by atomic mass is 9.81. The van der Waals surface area contributed by atoms with Gasteiger partial charge >= 0.3 is 5.97 Å². The van der Waals surface area contributed by atoms with Gasteiger partial charge in [-0.15, -0.1) is 11.5 Å². The highest BCUT2D eigenvalue weighted by Crippen LogP contribution is 2.32. The van der Waals surface area contributed by atoms with Crippen LogP contribution in [0, 0.1) is 36.0 Å². The summed E-state index contributed by atoms with van der Waals surface area (Å²) < 4.78 is 21.3. The third-order valence-electron chi connectivity index (χ3n) is 10.1. The molecule has 1 saturated heterocycles. The van der Waals surface area contributed by atoms with E-state index in [0.29, 0.717) is 103 Å². The molecule has 17 nitrogen and oxygen atoms in total. The number of imide groups is 3. The van der Waals surface area contributed by atoms with Crippen molar-refractivity contribution in [1.82, 2.24) is 20.2 Å². The molecule has 2 aliphatic carbocycles. The van der Waals surface area contributed by atoms with E-state index in [0.717, 1.165) is 25.7 Å². The van der Waals surface area contributed by atoms with Gasteiger partial charge in [-0.2, -0.15) is 0 Å². The van der Waals surface area contributed by atoms with Crippen molar-refractivity contribution >= 4 is 47.3 Å². The molecule has 1 N–H and O–H groups in total. The van der Waals surface area contributed by atoms with Gasteiger partial charge in [0.15, 0.2) is 0 Å². The standard InChI is InChI=1S/C23H34N2O7.C16H18N2O6/c1-2-10-29-12-14-31-16-17-32-15-13-30-11-9-24-23(28)20-5-3-19(4-6-20)18-25-21(26)7-8-22(25)27;19-12-5-6-13(20)17(12)9-10-1-3-11(4-2-10)16(23)24-18-14(21)7-8-15(18)22/h1,7-8,19-20H,3-6,9-18H2,(H,24,28);5-6,10-11H,1-4,7-9H2. The van der Waals surface area contributed by atoms with Crippen LogP contribution in [-0.2, 0) is 62.1 Å². The summed E-state index contributed by atoms with van der Waals surface area (Å²) in [5.74, 6) is -0.157. The minimum atomic E-state index is -0.563. The van der Waals surface area contributed by atoms with Crippen molar-refractivity contribution in [2.75, 3.05) is 72.5 Å². The van der Waals surface area contributed by atoms with Gasteiger partial charge in [0.25, 0.3) is 35.4 Å². The molecule has 0 unspecified atom stereocenters. The third kappa shape index (κ3) is 14.1. The molecule has 17 heteroatoms. The Morgan fingerprint density at radius 3 is 1.46 bits per heavy atom. The molecule has 3 heterocycles. The fraction of sp³-hybridized carbons (Fsp3) is 0.641. The molecule has 0 bridgehead atoms. The number of carbonyl (C=O) groups excluding carboxylic acids is 8. The number of hydrogen-bond acceptors (Lipinski definition) is 13. The molecule has 0 radical (unpaired) electrons. The molecule has 0 spiro atoms. The second kappa shape index (κ2) is 23.3. The first-order valence-electron chi connectivity index (χ1n) is 19.2. The molecule has 3 fully saturated rings. The molecular formula is C39H52N4O13. The molecule has 0 aromatic heterocycles. The Bertz CT molecular complexity index is 1470. The average Bonchev–Trinajstić information content (AvgIpc) is 3.82. The van der Waals surface area contributed by atoms with Gasteiger partial charge in [0.2, 0.25) is 5.91 Å². The van der Waals surface area contributed by atoms with Crippen molar-refractivity contribution in [3.8, 4) is 12.3 Å². The summed E-state index contributed by atoms with van der Waals surface area (Å²) in [6, 6.07) is 0. The second-order valence-corrected chi connectivity index (χ2v) is 14.1. The second-order valence-electron chi connectivity index (χ2n) is 14.1. The van der Waals surface area contributed by atoms with Crippen molar-refractivity contribution in [3.05, 3.63) is 24.3 Å². The fourth-order valence-electron chi connectivity index (χ4n) is 6.93. The Balaban J connectivity index is 0.000000258. The number of terminal acetylenes is 1. The first-order chi connectivity index (χ1) is 27.1. The van der Waals surface area contributed by atoms with Crippen LogP contribution in [0.15, 0.2) is 24.3 Å². The zero-order chi connectivity index (χ0) is 40.3. The normalized spacial score (nSPS) is 23.4. The van der Waals surface area contributed by atoms with Crippen LogP contribution in [0.1, 0.15) is 64.2 Å². The Labute approximate surface area is 326 Å². The molecule has 0 aromatic rings. The highest BCUT2D eigenvalue weighted by atomic mass is 16.7. The van der Waals surface area contributed by atoms with Crippen LogP contribution >= 0.6 is 0 Å². The van der Waals surface area contributed by atoms with E-state index in [4.69, 9.17) is 30.2 Å². The highest BCUT2D eigenvalue weighted by Gasteiger charge is 2.37. The van der Waals surface area contributed by atoms with Gasteiger partial charge in [-0.1, -0.05) is 5.92 Å². The maximum absolute atomic E-state index is 12.3. The maximum atomic E-state index is 12.3. The molecule has 0 aromatic carbocycles. The largest absolute Gasteiger partial charge is 0.377 e. The lowest BCUT2D eigenvalue weighted by molar-refractivity contribution is -0.201. The monoisotopic (exact) mass is 784 g/mol. The third-order valence-corrected chi connectivity index (χ3v) is 10.1. The quantitative estimate of drug-likeness (QED) is 0.104. The van der Waals surface area contributed by atoms with Crippen molar-refractivity contribution in [1.29, 1.82) is 0 Å². The van der Waals surface area contributed by atoms with Gasteiger partial charge < -0.3 is 29.1 Å². The van der Waals surface area contributed by atoms with Crippen LogP contribution in [0.3, 0.4) is 0 Å². The van der Waals surface area contributed by atoms with E-state index in [1.807, 2.05) is 0 Å². The molecular weight excluding hydrogens is 732 g/mol. The van der Waals surface area contributed by atoms with E-state index in [1.165, 1.54) is 34.1 Å². The molecule has 5 rings (SSSR count). The first kappa shape index (κ1) is 44.0. The number of nitrogens with one attached hydrogen (secondary N) is 1. The lowest BCUT2D eigenvalue weighted by Crippen LogP contribution is -2.39. The smallest absolute Gasteiger partial charge is 0.336 e. The van der Waals surface area contributed by atoms with Crippen LogP contribution < -0.4 is 5.32 Å². The Kier molecular flexibility index (Phi) is 18.3. The van der Waals surface area contributed by atoms with Gasteiger partial charge in [0, 0.05) is 62.7 Å². The van der Waals surface area contributed by atoms with E-state index in [1.54, 1.807) is 0 Å². The fourth-order valence-corrected chi connectivity index (χ4v) is 6.93. The van der Waals surface area contributed by atoms with Crippen molar-refractivity contribution < 1.29 is 62.1 Å². The number of carbonyl (C=O) groups is 8. The summed E-state index contributed by atoms with van der Waals surface area (Å²) in [5, 5.41) is 3.49. The first-order valence-corrected chi connectivity index (χ1v) is 19.2. The van der Waals surface area contributed by atoms with Crippen LogP contribution in [0.25, 0.3) is 0 Å². The molecule has 7 amide bonds. The Morgan fingerprint density at radius 1 is 0.607 bits per heavy atom. The Morgan fingerprint density at radius 2 is 1.02 bits per heavy atom. The van der Waals surface area contributed by atoms with E-state index in [2.05, 4.69) is 11.2 Å². The molecule has 56 heavy (non-hydrogen) atoms. The molecule has 2 saturated carbocycles. The van der Waals surface area contributed by atoms with Crippen LogP contribution in [0.5, 0.6) is 0 Å². The summed E-state index contributed by atoms with van der Waals surface area (Å²) in [6.07, 6.45) is 16.0. The number of hydrogen-bond donors (Lipinski definition) is 1. The van der Waals surface area contributed by atoms with Crippen molar-refractivity contribution in [2.45, 2.75) is 64.2 Å². The van der Waals surface area contributed by atoms with Gasteiger partial charge in [-0.3, -0.25) is 43.4 Å². The van der Waals surface area contributed by atoms with Crippen molar-refractivity contribution in [2.24, 2.45) is 23.7 Å². The van der Waals surface area contributed by atoms with Gasteiger partial charge in [-0.05, 0) is 63.2 Å². The zero-order valence-corrected chi connectivity index (χ0v) is 31.7. The molecule has 306 valence electrons. The molecule has 5 aliphatic rings. The van der Waals surface area contributed by atoms with E-state index in [-0.39, 0.29) is 66.0 Å². The predicted molar refractivity (Wildman–Crippen MR) is 195 cm³/mol. The molecule has 3 aliphatic heterocycles. The number of rotatable bonds is 20. The minimum absolute atomic E-state index is 0.0188. The van der Waals surface area contributed by atoms with Crippen LogP contribution in [0.4, 0.5) is 0 Å². The van der Waals surface area contributed by atoms with Crippen molar-refractivity contribution in [3.63, 3.8) is 0 Å². The minimum Gasteiger partial charge on any atom is -0.377 e. The van der Waals surface area contributed by atoms with Gasteiger partial charge in [0.05, 0.1) is 52.2 Å². The van der Waals surface area contributed by atoms with Crippen LogP contribution in [-0.4, -0.2) is 135 Å². The summed E-state index contributed by atoms with van der Waals surface area (Å²) >= 11 is 0. The lowest BCUT2D eigenvalue weighted by Gasteiger charge is -2.30. The predicted octanol–water partition coefficient (Wildman–Crippen LogP) is 0.859. The Hall–Kier alpha value is -4.76. The molecule has 0 atom stereocenters. The highest BCUT2D eigenvalue weighted by molar-refractivity contribution is 6.13. The zero-order valence-electron chi connectivity index (χ0n) is 31.7. The SMILES string of the molecule is C#CCOCCOCCOCCOCCNC(=O)C1CCC(CN2C(=O)C=CC2=O)CC1.O=C(ON1C(=O)CCC1=O)C1CCC(CN2C(=O)C=CC2=O)CC1. The van der Waals surface area contributed by atoms with Gasteiger partial charge in [-0.25, -0.2) is 4.79 Å². The average molecular weight is 785 g/mol. The summed E-state index contributed by atoms with van der Waals surface area (Å²) in [6.45, 7) is 4.83. The van der Waals surface area contributed by atoms with Crippen LogP contribution in [0.2, 0.25) is 0 Å².